The van der Waals surface area contributed by atoms with Gasteiger partial charge in [0.2, 0.25) is 0 Å². The maximum atomic E-state index is 11.9. The van der Waals surface area contributed by atoms with Gasteiger partial charge in [-0.15, -0.1) is 0 Å². The van der Waals surface area contributed by atoms with Crippen LogP contribution in [0.3, 0.4) is 0 Å². The normalized spacial score (nSPS) is 17.4. The monoisotopic (exact) mass is 274 g/mol. The predicted octanol–water partition coefficient (Wildman–Crippen LogP) is 1.18. The summed E-state index contributed by atoms with van der Waals surface area (Å²) in [6.07, 6.45) is 1.44. The molecule has 4 amide bonds. The highest BCUT2D eigenvalue weighted by atomic mass is 16.5. The first-order valence-electron chi connectivity index (χ1n) is 6.11. The predicted molar refractivity (Wildman–Crippen MR) is 71.9 cm³/mol. The largest absolute Gasteiger partial charge is 0.494 e. The summed E-state index contributed by atoms with van der Waals surface area (Å²) in [4.78, 5) is 35.7. The van der Waals surface area contributed by atoms with Gasteiger partial charge in [0.1, 0.15) is 11.3 Å². The molecule has 1 aliphatic heterocycles. The van der Waals surface area contributed by atoms with Crippen molar-refractivity contribution in [3.63, 3.8) is 0 Å². The summed E-state index contributed by atoms with van der Waals surface area (Å²) in [7, 11) is 1.32. The van der Waals surface area contributed by atoms with Crippen molar-refractivity contribution in [2.75, 3.05) is 13.7 Å². The van der Waals surface area contributed by atoms with Gasteiger partial charge in [-0.3, -0.25) is 19.8 Å². The Kier molecular flexibility index (Phi) is 3.84. The smallest absolute Gasteiger partial charge is 0.331 e. The Morgan fingerprint density at radius 1 is 1.20 bits per heavy atom. The highest BCUT2D eigenvalue weighted by molar-refractivity contribution is 6.30. The Balaban J connectivity index is 2.27. The summed E-state index contributed by atoms with van der Waals surface area (Å²) in [5, 5.41) is 2.10. The first kappa shape index (κ1) is 13.8. The van der Waals surface area contributed by atoms with Crippen LogP contribution in [-0.4, -0.2) is 36.4 Å². The van der Waals surface area contributed by atoms with Crippen LogP contribution in [0.25, 0.3) is 6.08 Å². The molecule has 1 aliphatic rings. The molecule has 1 N–H and O–H groups in total. The highest BCUT2D eigenvalue weighted by Gasteiger charge is 2.32. The van der Waals surface area contributed by atoms with E-state index in [0.717, 1.165) is 4.90 Å². The van der Waals surface area contributed by atoms with Crippen molar-refractivity contribution >= 4 is 23.9 Å². The fraction of sp³-hybridized carbons (Fsp3) is 0.214. The minimum absolute atomic E-state index is 0.0729. The third-order valence-electron chi connectivity index (χ3n) is 2.81. The van der Waals surface area contributed by atoms with E-state index < -0.39 is 17.8 Å². The van der Waals surface area contributed by atoms with Crippen LogP contribution >= 0.6 is 0 Å². The van der Waals surface area contributed by atoms with E-state index in [-0.39, 0.29) is 5.57 Å². The van der Waals surface area contributed by atoms with Crippen LogP contribution in [0.15, 0.2) is 29.8 Å². The summed E-state index contributed by atoms with van der Waals surface area (Å²) in [5.41, 5.74) is 0.603. The van der Waals surface area contributed by atoms with E-state index in [1.807, 2.05) is 6.92 Å². The second-order valence-electron chi connectivity index (χ2n) is 4.18. The molecule has 0 radical (unpaired) electrons. The molecule has 2 rings (SSSR count). The van der Waals surface area contributed by atoms with Gasteiger partial charge in [0, 0.05) is 7.05 Å². The van der Waals surface area contributed by atoms with Gasteiger partial charge >= 0.3 is 6.03 Å². The van der Waals surface area contributed by atoms with E-state index >= 15 is 0 Å². The van der Waals surface area contributed by atoms with Crippen molar-refractivity contribution in [3.05, 3.63) is 35.4 Å². The van der Waals surface area contributed by atoms with Crippen molar-refractivity contribution in [1.82, 2.24) is 10.2 Å². The number of hydrogen-bond acceptors (Lipinski definition) is 4. The Hall–Kier alpha value is -2.63. The van der Waals surface area contributed by atoms with Gasteiger partial charge in [-0.1, -0.05) is 12.1 Å². The number of amides is 4. The average Bonchev–Trinajstić information content (AvgIpc) is 2.43. The summed E-state index contributed by atoms with van der Waals surface area (Å²) in [5.74, 6) is -0.596. The van der Waals surface area contributed by atoms with Crippen LogP contribution in [0.5, 0.6) is 5.75 Å². The molecular formula is C14H14N2O4. The minimum atomic E-state index is -0.719. The summed E-state index contributed by atoms with van der Waals surface area (Å²) in [6.45, 7) is 2.45. The quantitative estimate of drug-likeness (QED) is 0.663. The van der Waals surface area contributed by atoms with Crippen LogP contribution in [0.1, 0.15) is 12.5 Å². The van der Waals surface area contributed by atoms with Gasteiger partial charge < -0.3 is 4.74 Å². The van der Waals surface area contributed by atoms with Crippen LogP contribution in [-0.2, 0) is 9.59 Å². The molecule has 0 atom stereocenters. The molecule has 1 aromatic rings. The number of ether oxygens (including phenoxy) is 1. The molecule has 20 heavy (non-hydrogen) atoms. The number of carbonyl (C=O) groups is 3. The molecule has 0 saturated carbocycles. The van der Waals surface area contributed by atoms with Crippen molar-refractivity contribution in [2.24, 2.45) is 0 Å². The number of imide groups is 2. The van der Waals surface area contributed by atoms with E-state index in [2.05, 4.69) is 5.32 Å². The molecule has 0 bridgehead atoms. The van der Waals surface area contributed by atoms with E-state index in [4.69, 9.17) is 4.74 Å². The van der Waals surface area contributed by atoms with Gasteiger partial charge in [-0.2, -0.15) is 0 Å². The Morgan fingerprint density at radius 2 is 1.85 bits per heavy atom. The molecule has 6 heteroatoms. The standard InChI is InChI=1S/C14H14N2O4/c1-3-20-10-6-4-9(5-7-10)8-11-12(17)15-14(19)16(2)13(11)18/h4-8H,3H2,1-2H3,(H,15,17,19). The SMILES string of the molecule is CCOc1ccc(C=C2C(=O)NC(=O)N(C)C2=O)cc1. The van der Waals surface area contributed by atoms with Crippen LogP contribution < -0.4 is 10.1 Å². The van der Waals surface area contributed by atoms with Crippen molar-refractivity contribution in [3.8, 4) is 5.75 Å². The lowest BCUT2D eigenvalue weighted by molar-refractivity contribution is -0.129. The number of benzene rings is 1. The first-order chi connectivity index (χ1) is 9.52. The molecule has 0 spiro atoms. The van der Waals surface area contributed by atoms with Gasteiger partial charge in [0.25, 0.3) is 11.8 Å². The van der Waals surface area contributed by atoms with Gasteiger partial charge in [-0.25, -0.2) is 4.79 Å². The van der Waals surface area contributed by atoms with Crippen molar-refractivity contribution in [2.45, 2.75) is 6.92 Å². The summed E-state index contributed by atoms with van der Waals surface area (Å²) >= 11 is 0. The topological polar surface area (TPSA) is 75.7 Å². The van der Waals surface area contributed by atoms with E-state index in [1.165, 1.54) is 13.1 Å². The maximum Gasteiger partial charge on any atom is 0.331 e. The van der Waals surface area contributed by atoms with Crippen LogP contribution in [0, 0.1) is 0 Å². The van der Waals surface area contributed by atoms with Gasteiger partial charge in [-0.05, 0) is 30.7 Å². The third-order valence-corrected chi connectivity index (χ3v) is 2.81. The fourth-order valence-electron chi connectivity index (χ4n) is 1.74. The number of carbonyl (C=O) groups excluding carboxylic acids is 3. The number of nitrogens with one attached hydrogen (secondary N) is 1. The molecule has 0 unspecified atom stereocenters. The zero-order valence-corrected chi connectivity index (χ0v) is 11.2. The number of nitrogens with zero attached hydrogens (tertiary/aromatic N) is 1. The lowest BCUT2D eigenvalue weighted by Crippen LogP contribution is -2.52. The fourth-order valence-corrected chi connectivity index (χ4v) is 1.74. The molecule has 0 aliphatic carbocycles. The number of likely N-dealkylation sites (N-methyl/N-ethyl adjacent to an activating group) is 1. The third kappa shape index (κ3) is 2.69. The number of hydrogen-bond donors (Lipinski definition) is 1. The Labute approximate surface area is 116 Å². The molecule has 1 fully saturated rings. The maximum absolute atomic E-state index is 11.9. The average molecular weight is 274 g/mol. The lowest BCUT2D eigenvalue weighted by atomic mass is 10.1. The lowest BCUT2D eigenvalue weighted by Gasteiger charge is -2.22. The zero-order valence-electron chi connectivity index (χ0n) is 11.2. The number of barbiturate groups is 1. The van der Waals surface area contributed by atoms with Crippen molar-refractivity contribution in [1.29, 1.82) is 0 Å². The van der Waals surface area contributed by atoms with E-state index in [9.17, 15) is 14.4 Å². The molecular weight excluding hydrogens is 260 g/mol. The van der Waals surface area contributed by atoms with Crippen molar-refractivity contribution < 1.29 is 19.1 Å². The summed E-state index contributed by atoms with van der Waals surface area (Å²) < 4.78 is 5.30. The molecule has 0 aromatic heterocycles. The summed E-state index contributed by atoms with van der Waals surface area (Å²) in [6, 6.07) is 6.24. The molecule has 1 heterocycles. The number of rotatable bonds is 3. The van der Waals surface area contributed by atoms with Gasteiger partial charge in [0.15, 0.2) is 0 Å². The van der Waals surface area contributed by atoms with Gasteiger partial charge in [0.05, 0.1) is 6.61 Å². The molecule has 1 saturated heterocycles. The first-order valence-corrected chi connectivity index (χ1v) is 6.11. The van der Waals surface area contributed by atoms with Crippen LogP contribution in [0.2, 0.25) is 0 Å². The Bertz CT molecular complexity index is 590. The van der Waals surface area contributed by atoms with Crippen LogP contribution in [0.4, 0.5) is 4.79 Å². The molecule has 104 valence electrons. The van der Waals surface area contributed by atoms with E-state index in [0.29, 0.717) is 17.9 Å². The number of urea groups is 1. The molecule has 1 aromatic carbocycles. The zero-order chi connectivity index (χ0) is 14.7. The molecule has 6 nitrogen and oxygen atoms in total. The highest BCUT2D eigenvalue weighted by Crippen LogP contribution is 2.16. The Morgan fingerprint density at radius 3 is 2.45 bits per heavy atom. The van der Waals surface area contributed by atoms with E-state index in [1.54, 1.807) is 24.3 Å². The minimum Gasteiger partial charge on any atom is -0.494 e. The second kappa shape index (κ2) is 5.56. The second-order valence-corrected chi connectivity index (χ2v) is 4.18.